The van der Waals surface area contributed by atoms with E-state index in [0.29, 0.717) is 40.1 Å². The number of thioether (sulfide) groups is 1. The standard InChI is InChI=1S/C24H37N3O5S2/c1-18-13-22(31-3)14-19(2)24(18)34(29,30)27-11-12-33-17-21(27)15-32-16-23(28)26-9-7-25(8-10-26)20-5-4-6-20/h13-14,20-21H,4-12,15-17H2,1-3H3. The summed E-state index contributed by atoms with van der Waals surface area (Å²) in [6.45, 7) is 7.61. The molecule has 8 nitrogen and oxygen atoms in total. The van der Waals surface area contributed by atoms with E-state index in [-0.39, 0.29) is 25.2 Å². The first kappa shape index (κ1) is 25.8. The van der Waals surface area contributed by atoms with Gasteiger partial charge in [-0.2, -0.15) is 16.1 Å². The highest BCUT2D eigenvalue weighted by Gasteiger charge is 2.36. The molecule has 190 valence electrons. The Morgan fingerprint density at radius 1 is 1.09 bits per heavy atom. The first-order valence-electron chi connectivity index (χ1n) is 12.2. The molecule has 1 atom stereocenters. The predicted molar refractivity (Wildman–Crippen MR) is 134 cm³/mol. The Hall–Kier alpha value is -1.33. The normalized spacial score (nSPS) is 23.0. The van der Waals surface area contributed by atoms with Gasteiger partial charge in [-0.1, -0.05) is 6.42 Å². The maximum atomic E-state index is 13.6. The van der Waals surface area contributed by atoms with Crippen molar-refractivity contribution in [2.24, 2.45) is 0 Å². The summed E-state index contributed by atoms with van der Waals surface area (Å²) < 4.78 is 39.9. The zero-order valence-corrected chi connectivity index (χ0v) is 22.1. The zero-order chi connectivity index (χ0) is 24.3. The van der Waals surface area contributed by atoms with E-state index >= 15 is 0 Å². The first-order valence-corrected chi connectivity index (χ1v) is 14.7. The van der Waals surface area contributed by atoms with Crippen LogP contribution in [-0.4, -0.2) is 105 Å². The molecular formula is C24H37N3O5S2. The Balaban J connectivity index is 1.34. The summed E-state index contributed by atoms with van der Waals surface area (Å²) in [5.74, 6) is 2.04. The molecule has 3 aliphatic rings. The maximum Gasteiger partial charge on any atom is 0.248 e. The molecule has 0 N–H and O–H groups in total. The van der Waals surface area contributed by atoms with Gasteiger partial charge in [0.2, 0.25) is 15.9 Å². The quantitative estimate of drug-likeness (QED) is 0.529. The van der Waals surface area contributed by atoms with Crippen LogP contribution in [0.25, 0.3) is 0 Å². The van der Waals surface area contributed by atoms with Crippen LogP contribution in [0.15, 0.2) is 17.0 Å². The van der Waals surface area contributed by atoms with Gasteiger partial charge < -0.3 is 14.4 Å². The lowest BCUT2D eigenvalue weighted by atomic mass is 9.91. The average Bonchev–Trinajstić information content (AvgIpc) is 2.78. The van der Waals surface area contributed by atoms with Gasteiger partial charge in [0.15, 0.2) is 0 Å². The van der Waals surface area contributed by atoms with E-state index in [2.05, 4.69) is 4.90 Å². The van der Waals surface area contributed by atoms with Gasteiger partial charge in [-0.3, -0.25) is 9.69 Å². The highest BCUT2D eigenvalue weighted by atomic mass is 32.2. The van der Waals surface area contributed by atoms with Gasteiger partial charge in [0.25, 0.3) is 0 Å². The van der Waals surface area contributed by atoms with E-state index in [1.165, 1.54) is 19.3 Å². The number of carbonyl (C=O) groups excluding carboxylic acids is 1. The molecule has 1 aliphatic carbocycles. The summed E-state index contributed by atoms with van der Waals surface area (Å²) in [6, 6.07) is 3.93. The van der Waals surface area contributed by atoms with Gasteiger partial charge >= 0.3 is 0 Å². The second-order valence-corrected chi connectivity index (χ2v) is 12.4. The number of methoxy groups -OCH3 is 1. The van der Waals surface area contributed by atoms with Crippen LogP contribution < -0.4 is 4.74 Å². The molecule has 0 aromatic heterocycles. The molecule has 2 saturated heterocycles. The fourth-order valence-electron chi connectivity index (χ4n) is 5.10. The Bertz CT molecular complexity index is 952. The van der Waals surface area contributed by atoms with Crippen LogP contribution in [0.4, 0.5) is 0 Å². The largest absolute Gasteiger partial charge is 0.497 e. The fraction of sp³-hybridized carbons (Fsp3) is 0.708. The molecule has 1 aromatic carbocycles. The van der Waals surface area contributed by atoms with Gasteiger partial charge in [0, 0.05) is 50.3 Å². The van der Waals surface area contributed by atoms with Crippen molar-refractivity contribution >= 4 is 27.7 Å². The Labute approximate surface area is 208 Å². The van der Waals surface area contributed by atoms with Crippen molar-refractivity contribution in [3.05, 3.63) is 23.3 Å². The van der Waals surface area contributed by atoms with Crippen molar-refractivity contribution in [3.63, 3.8) is 0 Å². The second kappa shape index (κ2) is 11.2. The number of hydrogen-bond acceptors (Lipinski definition) is 7. The molecule has 0 bridgehead atoms. The lowest BCUT2D eigenvalue weighted by Crippen LogP contribution is -2.54. The maximum absolute atomic E-state index is 13.6. The SMILES string of the molecule is COc1cc(C)c(S(=O)(=O)N2CCSCC2COCC(=O)N2CCN(C3CCC3)CC2)c(C)c1. The summed E-state index contributed by atoms with van der Waals surface area (Å²) >= 11 is 1.72. The van der Waals surface area contributed by atoms with E-state index in [1.807, 2.05) is 4.90 Å². The number of carbonyl (C=O) groups is 1. The van der Waals surface area contributed by atoms with Gasteiger partial charge in [0.05, 0.1) is 24.7 Å². The lowest BCUT2D eigenvalue weighted by molar-refractivity contribution is -0.138. The van der Waals surface area contributed by atoms with Crippen molar-refractivity contribution in [3.8, 4) is 5.75 Å². The van der Waals surface area contributed by atoms with E-state index < -0.39 is 10.0 Å². The predicted octanol–water partition coefficient (Wildman–Crippen LogP) is 2.13. The molecule has 1 amide bonds. The molecule has 3 fully saturated rings. The van der Waals surface area contributed by atoms with Crippen LogP contribution in [0.1, 0.15) is 30.4 Å². The van der Waals surface area contributed by atoms with Crippen molar-refractivity contribution in [2.75, 3.05) is 64.6 Å². The summed E-state index contributed by atoms with van der Waals surface area (Å²) in [6.07, 6.45) is 3.89. The van der Waals surface area contributed by atoms with Gasteiger partial charge in [0.1, 0.15) is 12.4 Å². The number of ether oxygens (including phenoxy) is 2. The minimum Gasteiger partial charge on any atom is -0.497 e. The molecule has 4 rings (SSSR count). The molecule has 1 unspecified atom stereocenters. The summed E-state index contributed by atoms with van der Waals surface area (Å²) in [7, 11) is -2.12. The molecule has 34 heavy (non-hydrogen) atoms. The Kier molecular flexibility index (Phi) is 8.45. The van der Waals surface area contributed by atoms with Crippen molar-refractivity contribution in [2.45, 2.75) is 50.1 Å². The first-order chi connectivity index (χ1) is 16.3. The molecular weight excluding hydrogens is 474 g/mol. The third-order valence-corrected chi connectivity index (χ3v) is 10.6. The number of nitrogens with zero attached hydrogens (tertiary/aromatic N) is 3. The van der Waals surface area contributed by atoms with Crippen LogP contribution in [-0.2, 0) is 19.6 Å². The minimum atomic E-state index is -3.70. The molecule has 0 spiro atoms. The van der Waals surface area contributed by atoms with E-state index in [0.717, 1.165) is 31.9 Å². The van der Waals surface area contributed by atoms with Crippen LogP contribution in [0.5, 0.6) is 5.75 Å². The van der Waals surface area contributed by atoms with Gasteiger partial charge in [-0.15, -0.1) is 0 Å². The number of hydrogen-bond donors (Lipinski definition) is 0. The fourth-order valence-corrected chi connectivity index (χ4v) is 8.38. The highest BCUT2D eigenvalue weighted by Crippen LogP contribution is 2.31. The Morgan fingerprint density at radius 3 is 2.35 bits per heavy atom. The summed E-state index contributed by atoms with van der Waals surface area (Å²) in [4.78, 5) is 17.4. The van der Waals surface area contributed by atoms with Crippen LogP contribution in [0.2, 0.25) is 0 Å². The molecule has 0 radical (unpaired) electrons. The van der Waals surface area contributed by atoms with Crippen molar-refractivity contribution in [1.29, 1.82) is 0 Å². The highest BCUT2D eigenvalue weighted by molar-refractivity contribution is 7.99. The van der Waals surface area contributed by atoms with Gasteiger partial charge in [-0.05, 0) is 49.9 Å². The van der Waals surface area contributed by atoms with E-state index in [9.17, 15) is 13.2 Å². The monoisotopic (exact) mass is 511 g/mol. The lowest BCUT2D eigenvalue weighted by Gasteiger charge is -2.43. The van der Waals surface area contributed by atoms with E-state index in [4.69, 9.17) is 9.47 Å². The number of amides is 1. The summed E-state index contributed by atoms with van der Waals surface area (Å²) in [5.41, 5.74) is 1.34. The van der Waals surface area contributed by atoms with Crippen molar-refractivity contribution < 1.29 is 22.7 Å². The zero-order valence-electron chi connectivity index (χ0n) is 20.5. The van der Waals surface area contributed by atoms with Gasteiger partial charge in [-0.25, -0.2) is 8.42 Å². The number of rotatable bonds is 8. The third-order valence-electron chi connectivity index (χ3n) is 7.20. The van der Waals surface area contributed by atoms with Crippen molar-refractivity contribution in [1.82, 2.24) is 14.1 Å². The van der Waals surface area contributed by atoms with Crippen LogP contribution in [0.3, 0.4) is 0 Å². The molecule has 10 heteroatoms. The number of piperazine rings is 1. The molecule has 2 heterocycles. The second-order valence-electron chi connectivity index (χ2n) is 9.45. The smallest absolute Gasteiger partial charge is 0.248 e. The van der Waals surface area contributed by atoms with Crippen LogP contribution >= 0.6 is 11.8 Å². The number of benzene rings is 1. The molecule has 1 saturated carbocycles. The number of aryl methyl sites for hydroxylation is 2. The molecule has 2 aliphatic heterocycles. The average molecular weight is 512 g/mol. The summed E-state index contributed by atoms with van der Waals surface area (Å²) in [5, 5.41) is 0. The number of sulfonamides is 1. The minimum absolute atomic E-state index is 0.000918. The molecule has 1 aromatic rings. The van der Waals surface area contributed by atoms with Crippen LogP contribution in [0, 0.1) is 13.8 Å². The Morgan fingerprint density at radius 2 is 1.76 bits per heavy atom. The third kappa shape index (κ3) is 5.56. The van der Waals surface area contributed by atoms with E-state index in [1.54, 1.807) is 49.2 Å². The topological polar surface area (TPSA) is 79.4 Å².